The van der Waals surface area contributed by atoms with Crippen LogP contribution in [0.25, 0.3) is 0 Å². The van der Waals surface area contributed by atoms with E-state index in [0.717, 1.165) is 25.4 Å². The maximum Gasteiger partial charge on any atom is 0.0952 e. The third-order valence-electron chi connectivity index (χ3n) is 3.32. The first-order valence-corrected chi connectivity index (χ1v) is 6.19. The molecule has 0 spiro atoms. The van der Waals surface area contributed by atoms with Crippen molar-refractivity contribution < 1.29 is 4.74 Å². The van der Waals surface area contributed by atoms with Gasteiger partial charge in [-0.2, -0.15) is 0 Å². The van der Waals surface area contributed by atoms with E-state index in [9.17, 15) is 0 Å². The summed E-state index contributed by atoms with van der Waals surface area (Å²) in [4.78, 5) is 2.47. The lowest BCUT2D eigenvalue weighted by Crippen LogP contribution is -2.48. The zero-order chi connectivity index (χ0) is 12.5. The van der Waals surface area contributed by atoms with E-state index in [-0.39, 0.29) is 11.6 Å². The Bertz CT molecular complexity index is 367. The fourth-order valence-corrected chi connectivity index (χ4v) is 2.17. The summed E-state index contributed by atoms with van der Waals surface area (Å²) in [5.41, 5.74) is 7.92. The number of anilines is 1. The van der Waals surface area contributed by atoms with E-state index >= 15 is 0 Å². The van der Waals surface area contributed by atoms with Crippen molar-refractivity contribution in [2.75, 3.05) is 25.4 Å². The van der Waals surface area contributed by atoms with Gasteiger partial charge in [0.1, 0.15) is 0 Å². The van der Waals surface area contributed by atoms with Crippen molar-refractivity contribution in [2.45, 2.75) is 32.4 Å². The quantitative estimate of drug-likeness (QED) is 0.758. The number of nitrogen functional groups attached to an aromatic ring is 1. The van der Waals surface area contributed by atoms with Crippen LogP contribution in [0.4, 0.5) is 5.69 Å². The van der Waals surface area contributed by atoms with Crippen molar-refractivity contribution in [3.05, 3.63) is 29.8 Å². The SMILES string of the molecule is CC(C)(C)N1CCO[C@H](c2ccc(N)cc2)C1. The molecule has 3 nitrogen and oxygen atoms in total. The summed E-state index contributed by atoms with van der Waals surface area (Å²) < 4.78 is 5.85. The molecule has 0 aromatic heterocycles. The number of hydrogen-bond acceptors (Lipinski definition) is 3. The van der Waals surface area contributed by atoms with Crippen molar-refractivity contribution in [1.29, 1.82) is 0 Å². The first-order valence-electron chi connectivity index (χ1n) is 6.19. The predicted molar refractivity (Wildman–Crippen MR) is 70.9 cm³/mol. The number of hydrogen-bond donors (Lipinski definition) is 1. The summed E-state index contributed by atoms with van der Waals surface area (Å²) in [5.74, 6) is 0. The molecule has 3 heteroatoms. The van der Waals surface area contributed by atoms with E-state index in [0.29, 0.717) is 0 Å². The van der Waals surface area contributed by atoms with Crippen molar-refractivity contribution in [1.82, 2.24) is 4.90 Å². The van der Waals surface area contributed by atoms with E-state index in [1.54, 1.807) is 0 Å². The number of benzene rings is 1. The predicted octanol–water partition coefficient (Wildman–Crippen LogP) is 2.44. The minimum absolute atomic E-state index is 0.170. The molecule has 0 bridgehead atoms. The molecule has 1 saturated heterocycles. The van der Waals surface area contributed by atoms with Crippen molar-refractivity contribution in [3.8, 4) is 0 Å². The molecule has 17 heavy (non-hydrogen) atoms. The lowest BCUT2D eigenvalue weighted by Gasteiger charge is -2.41. The first kappa shape index (κ1) is 12.4. The number of nitrogens with two attached hydrogens (primary N) is 1. The third kappa shape index (κ3) is 2.99. The van der Waals surface area contributed by atoms with Crippen molar-refractivity contribution in [2.24, 2.45) is 0 Å². The van der Waals surface area contributed by atoms with Crippen LogP contribution in [0.2, 0.25) is 0 Å². The van der Waals surface area contributed by atoms with Gasteiger partial charge in [0.05, 0.1) is 12.7 Å². The van der Waals surface area contributed by atoms with Gasteiger partial charge in [-0.3, -0.25) is 4.90 Å². The van der Waals surface area contributed by atoms with Crippen LogP contribution >= 0.6 is 0 Å². The average Bonchev–Trinajstić information content (AvgIpc) is 2.29. The van der Waals surface area contributed by atoms with Crippen LogP contribution in [0.15, 0.2) is 24.3 Å². The second-order valence-electron chi connectivity index (χ2n) is 5.64. The van der Waals surface area contributed by atoms with Crippen molar-refractivity contribution in [3.63, 3.8) is 0 Å². The Morgan fingerprint density at radius 1 is 1.24 bits per heavy atom. The molecule has 0 aliphatic carbocycles. The molecule has 2 rings (SSSR count). The highest BCUT2D eigenvalue weighted by atomic mass is 16.5. The van der Waals surface area contributed by atoms with E-state index in [1.165, 1.54) is 5.56 Å². The Morgan fingerprint density at radius 3 is 2.47 bits per heavy atom. The van der Waals surface area contributed by atoms with Gasteiger partial charge in [0, 0.05) is 24.3 Å². The Balaban J connectivity index is 2.09. The van der Waals surface area contributed by atoms with Crippen LogP contribution in [0.5, 0.6) is 0 Å². The minimum Gasteiger partial charge on any atom is -0.399 e. The Morgan fingerprint density at radius 2 is 1.88 bits per heavy atom. The molecule has 1 aromatic carbocycles. The molecule has 0 unspecified atom stereocenters. The molecule has 1 aromatic rings. The summed E-state index contributed by atoms with van der Waals surface area (Å²) in [7, 11) is 0. The van der Waals surface area contributed by atoms with Crippen molar-refractivity contribution >= 4 is 5.69 Å². The Hall–Kier alpha value is -1.06. The summed E-state index contributed by atoms with van der Waals surface area (Å²) in [5, 5.41) is 0. The van der Waals surface area contributed by atoms with Crippen LogP contribution in [-0.2, 0) is 4.74 Å². The van der Waals surface area contributed by atoms with Crippen LogP contribution in [-0.4, -0.2) is 30.1 Å². The van der Waals surface area contributed by atoms with Gasteiger partial charge >= 0.3 is 0 Å². The second-order valence-corrected chi connectivity index (χ2v) is 5.64. The first-order chi connectivity index (χ1) is 7.97. The summed E-state index contributed by atoms with van der Waals surface area (Å²) >= 11 is 0. The molecular formula is C14H22N2O. The fraction of sp³-hybridized carbons (Fsp3) is 0.571. The van der Waals surface area contributed by atoms with Crippen LogP contribution in [0.3, 0.4) is 0 Å². The number of rotatable bonds is 1. The maximum atomic E-state index is 5.85. The number of morpholine rings is 1. The largest absolute Gasteiger partial charge is 0.399 e. The van der Waals surface area contributed by atoms with E-state index in [1.807, 2.05) is 12.1 Å². The smallest absolute Gasteiger partial charge is 0.0952 e. The van der Waals surface area contributed by atoms with Crippen LogP contribution < -0.4 is 5.73 Å². The highest BCUT2D eigenvalue weighted by Crippen LogP contribution is 2.26. The zero-order valence-electron chi connectivity index (χ0n) is 10.9. The van der Waals surface area contributed by atoms with Crippen LogP contribution in [0.1, 0.15) is 32.4 Å². The molecular weight excluding hydrogens is 212 g/mol. The summed E-state index contributed by atoms with van der Waals surface area (Å²) in [6, 6.07) is 8.00. The average molecular weight is 234 g/mol. The highest BCUT2D eigenvalue weighted by molar-refractivity contribution is 5.40. The van der Waals surface area contributed by atoms with Gasteiger partial charge in [0.15, 0.2) is 0 Å². The van der Waals surface area contributed by atoms with E-state index < -0.39 is 0 Å². The number of nitrogens with zero attached hydrogens (tertiary/aromatic N) is 1. The Labute approximate surface area is 104 Å². The fourth-order valence-electron chi connectivity index (χ4n) is 2.17. The zero-order valence-corrected chi connectivity index (χ0v) is 10.9. The molecule has 0 radical (unpaired) electrons. The standard InChI is InChI=1S/C14H22N2O/c1-14(2,3)16-8-9-17-13(10-16)11-4-6-12(15)7-5-11/h4-7,13H,8-10,15H2,1-3H3/t13-/m0/s1. The molecule has 94 valence electrons. The van der Waals surface area contributed by atoms with Gasteiger partial charge in [-0.05, 0) is 38.5 Å². The number of ether oxygens (including phenoxy) is 1. The lowest BCUT2D eigenvalue weighted by atomic mass is 10.0. The molecule has 1 aliphatic heterocycles. The maximum absolute atomic E-state index is 5.85. The minimum atomic E-state index is 0.170. The van der Waals surface area contributed by atoms with Gasteiger partial charge < -0.3 is 10.5 Å². The van der Waals surface area contributed by atoms with E-state index in [4.69, 9.17) is 10.5 Å². The monoisotopic (exact) mass is 234 g/mol. The third-order valence-corrected chi connectivity index (χ3v) is 3.32. The summed E-state index contributed by atoms with van der Waals surface area (Å²) in [6.45, 7) is 9.50. The summed E-state index contributed by atoms with van der Waals surface area (Å²) in [6.07, 6.45) is 0.170. The second kappa shape index (κ2) is 4.67. The van der Waals surface area contributed by atoms with Gasteiger partial charge in [0.25, 0.3) is 0 Å². The van der Waals surface area contributed by atoms with Gasteiger partial charge in [-0.25, -0.2) is 0 Å². The normalized spacial score (nSPS) is 22.6. The highest BCUT2D eigenvalue weighted by Gasteiger charge is 2.28. The molecule has 0 saturated carbocycles. The molecule has 1 heterocycles. The Kier molecular flexibility index (Phi) is 3.40. The lowest BCUT2D eigenvalue weighted by molar-refractivity contribution is -0.0596. The molecule has 1 aliphatic rings. The topological polar surface area (TPSA) is 38.5 Å². The molecule has 1 fully saturated rings. The molecule has 0 amide bonds. The molecule has 2 N–H and O–H groups in total. The van der Waals surface area contributed by atoms with E-state index in [2.05, 4.69) is 37.8 Å². The molecule has 1 atom stereocenters. The van der Waals surface area contributed by atoms with Gasteiger partial charge in [-0.1, -0.05) is 12.1 Å². The van der Waals surface area contributed by atoms with Gasteiger partial charge in [-0.15, -0.1) is 0 Å². The van der Waals surface area contributed by atoms with Gasteiger partial charge in [0.2, 0.25) is 0 Å². The van der Waals surface area contributed by atoms with Crippen LogP contribution in [0, 0.1) is 0 Å².